The third-order valence-electron chi connectivity index (χ3n) is 3.60. The summed E-state index contributed by atoms with van der Waals surface area (Å²) in [6.45, 7) is 3.44. The first-order valence-electron chi connectivity index (χ1n) is 6.69. The molecular formula is C15H22N2O. The second-order valence-corrected chi connectivity index (χ2v) is 5.09. The van der Waals surface area contributed by atoms with Crippen LogP contribution in [0.25, 0.3) is 0 Å². The molecule has 18 heavy (non-hydrogen) atoms. The molecule has 1 fully saturated rings. The average molecular weight is 246 g/mol. The number of aryl methyl sites for hydroxylation is 1. The van der Waals surface area contributed by atoms with Crippen LogP contribution in [0.3, 0.4) is 0 Å². The van der Waals surface area contributed by atoms with Gasteiger partial charge in [0.2, 0.25) is 5.91 Å². The first-order chi connectivity index (χ1) is 8.68. The molecule has 0 saturated heterocycles. The van der Waals surface area contributed by atoms with Gasteiger partial charge in [-0.25, -0.2) is 0 Å². The zero-order chi connectivity index (χ0) is 13.0. The molecule has 0 unspecified atom stereocenters. The second-order valence-electron chi connectivity index (χ2n) is 5.09. The molecule has 0 radical (unpaired) electrons. The maximum atomic E-state index is 11.8. The summed E-state index contributed by atoms with van der Waals surface area (Å²) in [6, 6.07) is 8.90. The van der Waals surface area contributed by atoms with Gasteiger partial charge in [0.1, 0.15) is 0 Å². The molecule has 1 saturated carbocycles. The third-order valence-corrected chi connectivity index (χ3v) is 3.60. The molecule has 1 aliphatic carbocycles. The molecule has 2 rings (SSSR count). The Balaban J connectivity index is 1.66. The third kappa shape index (κ3) is 3.57. The quantitative estimate of drug-likeness (QED) is 0.776. The van der Waals surface area contributed by atoms with E-state index in [1.54, 1.807) is 0 Å². The summed E-state index contributed by atoms with van der Waals surface area (Å²) in [5, 5.41) is 3.23. The van der Waals surface area contributed by atoms with Crippen molar-refractivity contribution in [2.24, 2.45) is 0 Å². The highest BCUT2D eigenvalue weighted by molar-refractivity contribution is 5.78. The van der Waals surface area contributed by atoms with Crippen LogP contribution in [0.15, 0.2) is 24.3 Å². The van der Waals surface area contributed by atoms with E-state index in [2.05, 4.69) is 36.5 Å². The molecule has 1 aromatic rings. The molecule has 1 aliphatic rings. The number of nitrogens with zero attached hydrogens (tertiary/aromatic N) is 1. The molecule has 98 valence electrons. The number of amides is 1. The average Bonchev–Trinajstić information content (AvgIpc) is 3.19. The molecule has 0 aromatic heterocycles. The van der Waals surface area contributed by atoms with Gasteiger partial charge in [-0.3, -0.25) is 4.79 Å². The van der Waals surface area contributed by atoms with Crippen molar-refractivity contribution in [3.05, 3.63) is 35.4 Å². The largest absolute Gasteiger partial charge is 0.342 e. The van der Waals surface area contributed by atoms with E-state index in [-0.39, 0.29) is 5.91 Å². The number of carbonyl (C=O) groups is 1. The Morgan fingerprint density at radius 1 is 1.39 bits per heavy atom. The van der Waals surface area contributed by atoms with Gasteiger partial charge in [-0.05, 0) is 43.9 Å². The molecule has 0 bridgehead atoms. The zero-order valence-electron chi connectivity index (χ0n) is 11.3. The van der Waals surface area contributed by atoms with E-state index in [0.717, 1.165) is 13.0 Å². The number of hydrogen-bond acceptors (Lipinski definition) is 2. The molecule has 0 atom stereocenters. The lowest BCUT2D eigenvalue weighted by Crippen LogP contribution is -2.37. The normalized spacial score (nSPS) is 14.6. The number of nitrogens with one attached hydrogen (secondary N) is 1. The summed E-state index contributed by atoms with van der Waals surface area (Å²) in [6.07, 6.45) is 3.32. The van der Waals surface area contributed by atoms with E-state index in [4.69, 9.17) is 0 Å². The van der Waals surface area contributed by atoms with Crippen molar-refractivity contribution >= 4 is 5.91 Å². The maximum Gasteiger partial charge on any atom is 0.236 e. The Bertz CT molecular complexity index is 413. The molecule has 1 aromatic carbocycles. The van der Waals surface area contributed by atoms with Gasteiger partial charge in [0.25, 0.3) is 0 Å². The number of rotatable bonds is 6. The Kier molecular flexibility index (Phi) is 4.37. The van der Waals surface area contributed by atoms with Gasteiger partial charge in [-0.1, -0.05) is 24.3 Å². The molecular weight excluding hydrogens is 224 g/mol. The fraction of sp³-hybridized carbons (Fsp3) is 0.533. The standard InChI is InChI=1S/C15H22N2O/c1-12-5-3-4-6-13(12)9-10-16-11-15(18)17(2)14-7-8-14/h3-6,14,16H,7-11H2,1-2H3. The van der Waals surface area contributed by atoms with E-state index in [1.165, 1.54) is 24.0 Å². The maximum absolute atomic E-state index is 11.8. The summed E-state index contributed by atoms with van der Waals surface area (Å²) in [4.78, 5) is 13.6. The molecule has 1 amide bonds. The van der Waals surface area contributed by atoms with Gasteiger partial charge in [-0.15, -0.1) is 0 Å². The van der Waals surface area contributed by atoms with Crippen LogP contribution < -0.4 is 5.32 Å². The monoisotopic (exact) mass is 246 g/mol. The predicted molar refractivity (Wildman–Crippen MR) is 73.5 cm³/mol. The lowest BCUT2D eigenvalue weighted by atomic mass is 10.1. The Labute approximate surface area is 109 Å². The lowest BCUT2D eigenvalue weighted by molar-refractivity contribution is -0.129. The highest BCUT2D eigenvalue weighted by atomic mass is 16.2. The van der Waals surface area contributed by atoms with Crippen LogP contribution in [0.1, 0.15) is 24.0 Å². The smallest absolute Gasteiger partial charge is 0.236 e. The minimum absolute atomic E-state index is 0.210. The van der Waals surface area contributed by atoms with E-state index >= 15 is 0 Å². The van der Waals surface area contributed by atoms with Crippen molar-refractivity contribution in [3.8, 4) is 0 Å². The Hall–Kier alpha value is -1.35. The highest BCUT2D eigenvalue weighted by Crippen LogP contribution is 2.24. The predicted octanol–water partition coefficient (Wildman–Crippen LogP) is 1.75. The summed E-state index contributed by atoms with van der Waals surface area (Å²) in [7, 11) is 1.91. The van der Waals surface area contributed by atoms with Crippen molar-refractivity contribution in [2.75, 3.05) is 20.1 Å². The van der Waals surface area contributed by atoms with Crippen LogP contribution in [0.2, 0.25) is 0 Å². The van der Waals surface area contributed by atoms with Crippen molar-refractivity contribution in [2.45, 2.75) is 32.2 Å². The van der Waals surface area contributed by atoms with Gasteiger partial charge in [0.15, 0.2) is 0 Å². The topological polar surface area (TPSA) is 32.3 Å². The van der Waals surface area contributed by atoms with Gasteiger partial charge in [0, 0.05) is 13.1 Å². The zero-order valence-corrected chi connectivity index (χ0v) is 11.3. The summed E-state index contributed by atoms with van der Waals surface area (Å²) in [5.41, 5.74) is 2.67. The SMILES string of the molecule is Cc1ccccc1CCNCC(=O)N(C)C1CC1. The lowest BCUT2D eigenvalue weighted by Gasteiger charge is -2.16. The highest BCUT2D eigenvalue weighted by Gasteiger charge is 2.28. The summed E-state index contributed by atoms with van der Waals surface area (Å²) >= 11 is 0. The van der Waals surface area contributed by atoms with Crippen molar-refractivity contribution in [3.63, 3.8) is 0 Å². The minimum atomic E-state index is 0.210. The molecule has 0 spiro atoms. The number of likely N-dealkylation sites (N-methyl/N-ethyl adjacent to an activating group) is 1. The molecule has 0 heterocycles. The number of carbonyl (C=O) groups excluding carboxylic acids is 1. The van der Waals surface area contributed by atoms with Crippen LogP contribution in [0, 0.1) is 6.92 Å². The van der Waals surface area contributed by atoms with Crippen LogP contribution >= 0.6 is 0 Å². The first kappa shape index (κ1) is 13.1. The fourth-order valence-corrected chi connectivity index (χ4v) is 2.10. The van der Waals surface area contributed by atoms with Crippen LogP contribution in [-0.2, 0) is 11.2 Å². The molecule has 0 aliphatic heterocycles. The van der Waals surface area contributed by atoms with Crippen LogP contribution in [0.5, 0.6) is 0 Å². The van der Waals surface area contributed by atoms with E-state index in [1.807, 2.05) is 11.9 Å². The van der Waals surface area contributed by atoms with Crippen molar-refractivity contribution in [1.82, 2.24) is 10.2 Å². The Morgan fingerprint density at radius 3 is 2.78 bits per heavy atom. The van der Waals surface area contributed by atoms with E-state index < -0.39 is 0 Å². The van der Waals surface area contributed by atoms with E-state index in [9.17, 15) is 4.79 Å². The Morgan fingerprint density at radius 2 is 2.11 bits per heavy atom. The van der Waals surface area contributed by atoms with Gasteiger partial charge >= 0.3 is 0 Å². The van der Waals surface area contributed by atoms with Gasteiger partial charge in [0.05, 0.1) is 6.54 Å². The first-order valence-corrected chi connectivity index (χ1v) is 6.69. The second kappa shape index (κ2) is 6.01. The number of benzene rings is 1. The van der Waals surface area contributed by atoms with Gasteiger partial charge in [-0.2, -0.15) is 0 Å². The minimum Gasteiger partial charge on any atom is -0.342 e. The molecule has 1 N–H and O–H groups in total. The van der Waals surface area contributed by atoms with Crippen LogP contribution in [0.4, 0.5) is 0 Å². The summed E-state index contributed by atoms with van der Waals surface area (Å²) in [5.74, 6) is 0.210. The fourth-order valence-electron chi connectivity index (χ4n) is 2.10. The van der Waals surface area contributed by atoms with Crippen LogP contribution in [-0.4, -0.2) is 37.0 Å². The van der Waals surface area contributed by atoms with Crippen molar-refractivity contribution < 1.29 is 4.79 Å². The number of hydrogen-bond donors (Lipinski definition) is 1. The van der Waals surface area contributed by atoms with E-state index in [0.29, 0.717) is 12.6 Å². The van der Waals surface area contributed by atoms with Gasteiger partial charge < -0.3 is 10.2 Å². The van der Waals surface area contributed by atoms with Crippen molar-refractivity contribution in [1.29, 1.82) is 0 Å². The molecule has 3 heteroatoms. The summed E-state index contributed by atoms with van der Waals surface area (Å²) < 4.78 is 0. The molecule has 3 nitrogen and oxygen atoms in total.